The Hall–Kier alpha value is -0.540. The number of nitrogens with zero attached hydrogens (tertiary/aromatic N) is 2. The average Bonchev–Trinajstić information content (AvgIpc) is 2.46. The van der Waals surface area contributed by atoms with E-state index in [2.05, 4.69) is 18.9 Å². The maximum atomic E-state index is 10.6. The monoisotopic (exact) mass is 258 g/mol. The first-order valence-electron chi connectivity index (χ1n) is 6.34. The maximum Gasteiger partial charge on any atom is 0.130 e. The lowest BCUT2D eigenvalue weighted by Gasteiger charge is -2.27. The molecule has 0 aliphatic rings. The zero-order valence-corrected chi connectivity index (χ0v) is 12.0. The molecule has 0 radical (unpaired) electrons. The van der Waals surface area contributed by atoms with E-state index in [0.717, 1.165) is 36.9 Å². The second-order valence-corrected chi connectivity index (χ2v) is 5.24. The molecule has 4 heteroatoms. The first kappa shape index (κ1) is 14.5. The van der Waals surface area contributed by atoms with Gasteiger partial charge in [0.2, 0.25) is 0 Å². The van der Waals surface area contributed by atoms with Gasteiger partial charge in [0.25, 0.3) is 0 Å². The van der Waals surface area contributed by atoms with Crippen molar-refractivity contribution < 1.29 is 5.11 Å². The van der Waals surface area contributed by atoms with Gasteiger partial charge in [-0.2, -0.15) is 5.10 Å². The molecule has 0 aliphatic heterocycles. The summed E-state index contributed by atoms with van der Waals surface area (Å²) >= 11 is 6.21. The van der Waals surface area contributed by atoms with E-state index in [9.17, 15) is 5.11 Å². The van der Waals surface area contributed by atoms with E-state index in [-0.39, 0.29) is 0 Å². The highest BCUT2D eigenvalue weighted by atomic mass is 35.5. The van der Waals surface area contributed by atoms with Crippen LogP contribution in [0.4, 0.5) is 0 Å². The Morgan fingerprint density at radius 1 is 1.29 bits per heavy atom. The predicted octanol–water partition coefficient (Wildman–Crippen LogP) is 3.26. The van der Waals surface area contributed by atoms with Gasteiger partial charge in [-0.3, -0.25) is 4.68 Å². The molecule has 0 aliphatic carbocycles. The molecule has 98 valence electrons. The molecular weight excluding hydrogens is 236 g/mol. The first-order valence-corrected chi connectivity index (χ1v) is 6.71. The minimum atomic E-state index is -0.638. The van der Waals surface area contributed by atoms with Crippen LogP contribution >= 0.6 is 11.6 Å². The van der Waals surface area contributed by atoms with E-state index in [1.54, 1.807) is 4.68 Å². The molecule has 0 amide bonds. The van der Waals surface area contributed by atoms with E-state index >= 15 is 0 Å². The van der Waals surface area contributed by atoms with E-state index < -0.39 is 5.60 Å². The van der Waals surface area contributed by atoms with Gasteiger partial charge in [0.05, 0.1) is 11.3 Å². The van der Waals surface area contributed by atoms with Crippen LogP contribution in [-0.4, -0.2) is 20.5 Å². The average molecular weight is 259 g/mol. The first-order chi connectivity index (χ1) is 7.93. The van der Waals surface area contributed by atoms with Crippen molar-refractivity contribution in [2.24, 2.45) is 7.05 Å². The fraction of sp³-hybridized carbons (Fsp3) is 0.769. The van der Waals surface area contributed by atoms with Crippen molar-refractivity contribution in [3.8, 4) is 0 Å². The highest BCUT2D eigenvalue weighted by Crippen LogP contribution is 2.29. The molecule has 0 atom stereocenters. The Kier molecular flexibility index (Phi) is 5.02. The lowest BCUT2D eigenvalue weighted by Crippen LogP contribution is -2.31. The Labute approximate surface area is 109 Å². The van der Waals surface area contributed by atoms with Crippen molar-refractivity contribution in [1.82, 2.24) is 9.78 Å². The SMILES string of the molecule is CCCC(O)(CCC)Cc1c(C)nn(C)c1Cl. The summed E-state index contributed by atoms with van der Waals surface area (Å²) in [6.45, 7) is 6.14. The van der Waals surface area contributed by atoms with Crippen LogP contribution in [0, 0.1) is 6.92 Å². The molecule has 1 aromatic heterocycles. The van der Waals surface area contributed by atoms with Gasteiger partial charge in [-0.1, -0.05) is 38.3 Å². The normalized spacial score (nSPS) is 12.1. The Morgan fingerprint density at radius 2 is 1.82 bits per heavy atom. The van der Waals surface area contributed by atoms with Crippen LogP contribution in [0.2, 0.25) is 5.15 Å². The number of aromatic nitrogens is 2. The second kappa shape index (κ2) is 5.87. The summed E-state index contributed by atoms with van der Waals surface area (Å²) in [5.41, 5.74) is 1.27. The van der Waals surface area contributed by atoms with Gasteiger partial charge in [0.1, 0.15) is 5.15 Å². The number of aryl methyl sites for hydroxylation is 2. The summed E-state index contributed by atoms with van der Waals surface area (Å²) in [5, 5.41) is 15.6. The Morgan fingerprint density at radius 3 is 2.18 bits per heavy atom. The van der Waals surface area contributed by atoms with E-state index in [1.165, 1.54) is 0 Å². The van der Waals surface area contributed by atoms with Crippen LogP contribution in [-0.2, 0) is 13.5 Å². The van der Waals surface area contributed by atoms with Gasteiger partial charge in [0.15, 0.2) is 0 Å². The summed E-state index contributed by atoms with van der Waals surface area (Å²) in [6.07, 6.45) is 4.19. The number of hydrogen-bond acceptors (Lipinski definition) is 2. The van der Waals surface area contributed by atoms with E-state index in [1.807, 2.05) is 14.0 Å². The van der Waals surface area contributed by atoms with Crippen molar-refractivity contribution in [3.05, 3.63) is 16.4 Å². The van der Waals surface area contributed by atoms with Crippen LogP contribution in [0.5, 0.6) is 0 Å². The molecule has 0 bridgehead atoms. The van der Waals surface area contributed by atoms with Gasteiger partial charge in [-0.15, -0.1) is 0 Å². The highest BCUT2D eigenvalue weighted by Gasteiger charge is 2.28. The molecule has 0 spiro atoms. The molecule has 0 unspecified atom stereocenters. The fourth-order valence-electron chi connectivity index (χ4n) is 2.44. The highest BCUT2D eigenvalue weighted by molar-refractivity contribution is 6.30. The Bertz CT molecular complexity index is 368. The topological polar surface area (TPSA) is 38.1 Å². The molecule has 0 saturated heterocycles. The molecule has 1 N–H and O–H groups in total. The standard InChI is InChI=1S/C13H23ClN2O/c1-5-7-13(17,8-6-2)9-11-10(3)15-16(4)12(11)14/h17H,5-9H2,1-4H3. The van der Waals surface area contributed by atoms with E-state index in [0.29, 0.717) is 11.6 Å². The molecule has 0 saturated carbocycles. The van der Waals surface area contributed by atoms with Crippen molar-refractivity contribution in [3.63, 3.8) is 0 Å². The van der Waals surface area contributed by atoms with Crippen LogP contribution in [0.25, 0.3) is 0 Å². The molecule has 1 aromatic rings. The van der Waals surface area contributed by atoms with Crippen LogP contribution in [0.3, 0.4) is 0 Å². The molecule has 3 nitrogen and oxygen atoms in total. The minimum absolute atomic E-state index is 0.604. The van der Waals surface area contributed by atoms with Gasteiger partial charge < -0.3 is 5.11 Å². The lowest BCUT2D eigenvalue weighted by atomic mass is 9.86. The van der Waals surface area contributed by atoms with Crippen molar-refractivity contribution in [1.29, 1.82) is 0 Å². The van der Waals surface area contributed by atoms with Crippen LogP contribution < -0.4 is 0 Å². The minimum Gasteiger partial charge on any atom is -0.390 e. The van der Waals surface area contributed by atoms with Gasteiger partial charge in [-0.25, -0.2) is 0 Å². The summed E-state index contributed by atoms with van der Waals surface area (Å²) in [6, 6.07) is 0. The molecule has 0 fully saturated rings. The third-order valence-electron chi connectivity index (χ3n) is 3.21. The quantitative estimate of drug-likeness (QED) is 0.851. The van der Waals surface area contributed by atoms with E-state index in [4.69, 9.17) is 11.6 Å². The molecule has 17 heavy (non-hydrogen) atoms. The Balaban J connectivity index is 2.93. The van der Waals surface area contributed by atoms with Crippen molar-refractivity contribution >= 4 is 11.6 Å². The lowest BCUT2D eigenvalue weighted by molar-refractivity contribution is 0.0215. The van der Waals surface area contributed by atoms with Gasteiger partial charge in [-0.05, 0) is 19.8 Å². The number of hydrogen-bond donors (Lipinski definition) is 1. The zero-order valence-electron chi connectivity index (χ0n) is 11.3. The van der Waals surface area contributed by atoms with Crippen molar-refractivity contribution in [2.75, 3.05) is 0 Å². The second-order valence-electron chi connectivity index (χ2n) is 4.88. The third-order valence-corrected chi connectivity index (χ3v) is 3.68. The number of rotatable bonds is 6. The molecule has 1 rings (SSSR count). The molecule has 1 heterocycles. The summed E-state index contributed by atoms with van der Waals surface area (Å²) in [5.74, 6) is 0. The van der Waals surface area contributed by atoms with Gasteiger partial charge >= 0.3 is 0 Å². The fourth-order valence-corrected chi connectivity index (χ4v) is 2.68. The van der Waals surface area contributed by atoms with Crippen molar-refractivity contribution in [2.45, 2.75) is 58.5 Å². The number of aliphatic hydroxyl groups is 1. The maximum absolute atomic E-state index is 10.6. The van der Waals surface area contributed by atoms with Gasteiger partial charge in [0, 0.05) is 19.0 Å². The van der Waals surface area contributed by atoms with Crippen LogP contribution in [0.15, 0.2) is 0 Å². The largest absolute Gasteiger partial charge is 0.390 e. The third kappa shape index (κ3) is 3.46. The zero-order chi connectivity index (χ0) is 13.1. The smallest absolute Gasteiger partial charge is 0.130 e. The summed E-state index contributed by atoms with van der Waals surface area (Å²) in [4.78, 5) is 0. The summed E-state index contributed by atoms with van der Waals surface area (Å²) in [7, 11) is 1.83. The predicted molar refractivity (Wildman–Crippen MR) is 71.4 cm³/mol. The molecular formula is C13H23ClN2O. The molecule has 0 aromatic carbocycles. The van der Waals surface area contributed by atoms with Crippen LogP contribution in [0.1, 0.15) is 50.8 Å². The summed E-state index contributed by atoms with van der Waals surface area (Å²) < 4.78 is 1.67. The number of halogens is 1.